The summed E-state index contributed by atoms with van der Waals surface area (Å²) in [6.07, 6.45) is 5.97. The highest BCUT2D eigenvalue weighted by Gasteiger charge is 2.27. The Morgan fingerprint density at radius 3 is 2.85 bits per heavy atom. The van der Waals surface area contributed by atoms with Gasteiger partial charge in [-0.1, -0.05) is 11.6 Å². The molecule has 0 aliphatic heterocycles. The highest BCUT2D eigenvalue weighted by Crippen LogP contribution is 2.26. The summed E-state index contributed by atoms with van der Waals surface area (Å²) in [5.74, 6) is -0.0207. The van der Waals surface area contributed by atoms with Gasteiger partial charge >= 0.3 is 5.97 Å². The van der Waals surface area contributed by atoms with Crippen molar-refractivity contribution in [2.45, 2.75) is 39.5 Å². The van der Waals surface area contributed by atoms with Crippen molar-refractivity contribution in [3.8, 4) is 0 Å². The molecule has 0 aromatic carbocycles. The fraction of sp³-hybridized carbons (Fsp3) is 0.500. The van der Waals surface area contributed by atoms with Gasteiger partial charge in [-0.05, 0) is 32.3 Å². The van der Waals surface area contributed by atoms with Gasteiger partial charge in [-0.25, -0.2) is 0 Å². The van der Waals surface area contributed by atoms with Gasteiger partial charge < -0.3 is 9.15 Å². The van der Waals surface area contributed by atoms with Crippen LogP contribution in [0.2, 0.25) is 0 Å². The molecule has 0 N–H and O–H groups in total. The van der Waals surface area contributed by atoms with Crippen molar-refractivity contribution in [1.82, 2.24) is 0 Å². The Morgan fingerprint density at radius 2 is 2.15 bits per heavy atom. The molecule has 0 fully saturated rings. The molecule has 0 saturated heterocycles. The molecule has 108 valence electrons. The third-order valence-corrected chi connectivity index (χ3v) is 3.74. The average molecular weight is 276 g/mol. The lowest BCUT2D eigenvalue weighted by Gasteiger charge is -2.15. The normalized spacial score (nSPS) is 22.6. The van der Waals surface area contributed by atoms with Crippen molar-refractivity contribution in [2.24, 2.45) is 5.92 Å². The Morgan fingerprint density at radius 1 is 1.40 bits per heavy atom. The third-order valence-electron chi connectivity index (χ3n) is 3.74. The zero-order valence-electron chi connectivity index (χ0n) is 12.2. The van der Waals surface area contributed by atoms with Crippen LogP contribution in [0.1, 0.15) is 47.9 Å². The maximum absolute atomic E-state index is 12.5. The standard InChI is InChI=1S/C16H20O4/c1-10-5-4-6-12(16(18)19-3)8-13(17)15-11(2)9-20-14(15)7-10/h5,9,12H,4,6-8H2,1-3H3/b10-5-/t12-/m1/s1. The molecule has 2 rings (SSSR count). The van der Waals surface area contributed by atoms with E-state index < -0.39 is 0 Å². The van der Waals surface area contributed by atoms with Gasteiger partial charge in [0.2, 0.25) is 0 Å². The van der Waals surface area contributed by atoms with Gasteiger partial charge in [0.25, 0.3) is 0 Å². The Hall–Kier alpha value is -1.84. The minimum Gasteiger partial charge on any atom is -0.469 e. The van der Waals surface area contributed by atoms with E-state index >= 15 is 0 Å². The minimum atomic E-state index is -0.378. The van der Waals surface area contributed by atoms with Crippen LogP contribution in [0, 0.1) is 12.8 Å². The smallest absolute Gasteiger partial charge is 0.309 e. The summed E-state index contributed by atoms with van der Waals surface area (Å²) in [6, 6.07) is 0. The van der Waals surface area contributed by atoms with Crippen LogP contribution < -0.4 is 0 Å². The molecule has 20 heavy (non-hydrogen) atoms. The van der Waals surface area contributed by atoms with Crippen molar-refractivity contribution >= 4 is 11.8 Å². The van der Waals surface area contributed by atoms with Gasteiger partial charge in [0.15, 0.2) is 5.78 Å². The lowest BCUT2D eigenvalue weighted by Crippen LogP contribution is -2.21. The maximum atomic E-state index is 12.5. The number of carbonyl (C=O) groups is 2. The van der Waals surface area contributed by atoms with Crippen LogP contribution in [0.3, 0.4) is 0 Å². The fourth-order valence-electron chi connectivity index (χ4n) is 2.65. The Balaban J connectivity index is 2.37. The van der Waals surface area contributed by atoms with Gasteiger partial charge in [-0.15, -0.1) is 0 Å². The second-order valence-electron chi connectivity index (χ2n) is 5.37. The maximum Gasteiger partial charge on any atom is 0.309 e. The first-order valence-electron chi connectivity index (χ1n) is 6.86. The van der Waals surface area contributed by atoms with E-state index in [0.717, 1.165) is 17.6 Å². The van der Waals surface area contributed by atoms with E-state index in [1.54, 1.807) is 6.26 Å². The first kappa shape index (κ1) is 14.6. The van der Waals surface area contributed by atoms with Crippen LogP contribution in [0.4, 0.5) is 0 Å². The monoisotopic (exact) mass is 276 g/mol. The van der Waals surface area contributed by atoms with E-state index in [4.69, 9.17) is 9.15 Å². The second kappa shape index (κ2) is 6.07. The van der Waals surface area contributed by atoms with Crippen LogP contribution in [-0.2, 0) is 16.0 Å². The van der Waals surface area contributed by atoms with Crippen molar-refractivity contribution in [3.05, 3.63) is 34.8 Å². The van der Waals surface area contributed by atoms with E-state index in [1.807, 2.05) is 13.8 Å². The molecule has 1 aliphatic rings. The quantitative estimate of drug-likeness (QED) is 0.583. The Kier molecular flexibility index (Phi) is 4.42. The summed E-state index contributed by atoms with van der Waals surface area (Å²) in [5.41, 5.74) is 2.62. The van der Waals surface area contributed by atoms with Crippen LogP contribution in [0.15, 0.2) is 22.3 Å². The van der Waals surface area contributed by atoms with Gasteiger partial charge in [-0.2, -0.15) is 0 Å². The van der Waals surface area contributed by atoms with E-state index in [-0.39, 0.29) is 24.1 Å². The third kappa shape index (κ3) is 3.00. The number of allylic oxidation sites excluding steroid dienone is 2. The molecule has 1 atom stereocenters. The zero-order chi connectivity index (χ0) is 14.7. The first-order valence-corrected chi connectivity index (χ1v) is 6.86. The van der Waals surface area contributed by atoms with Gasteiger partial charge in [0.1, 0.15) is 5.76 Å². The first-order chi connectivity index (χ1) is 9.52. The number of hydrogen-bond acceptors (Lipinski definition) is 4. The van der Waals surface area contributed by atoms with Crippen molar-refractivity contribution < 1.29 is 18.7 Å². The van der Waals surface area contributed by atoms with E-state index in [0.29, 0.717) is 24.2 Å². The predicted molar refractivity (Wildman–Crippen MR) is 74.6 cm³/mol. The number of aryl methyl sites for hydroxylation is 1. The summed E-state index contributed by atoms with van der Waals surface area (Å²) in [7, 11) is 1.36. The molecule has 0 saturated carbocycles. The summed E-state index contributed by atoms with van der Waals surface area (Å²) in [5, 5.41) is 0. The topological polar surface area (TPSA) is 56.5 Å². The molecule has 0 bridgehead atoms. The molecule has 1 aromatic heterocycles. The Labute approximate surface area is 118 Å². The van der Waals surface area contributed by atoms with Gasteiger partial charge in [-0.3, -0.25) is 9.59 Å². The molecular formula is C16H20O4. The molecule has 4 nitrogen and oxygen atoms in total. The molecule has 4 heteroatoms. The van der Waals surface area contributed by atoms with Crippen LogP contribution in [-0.4, -0.2) is 18.9 Å². The molecule has 1 heterocycles. The summed E-state index contributed by atoms with van der Waals surface area (Å²) in [4.78, 5) is 24.2. The summed E-state index contributed by atoms with van der Waals surface area (Å²) in [6.45, 7) is 3.87. The van der Waals surface area contributed by atoms with Crippen molar-refractivity contribution in [1.29, 1.82) is 0 Å². The fourth-order valence-corrected chi connectivity index (χ4v) is 2.65. The number of Topliss-reactive ketones (excluding diaryl/α,β-unsaturated/α-hetero) is 1. The van der Waals surface area contributed by atoms with Gasteiger partial charge in [0.05, 0.1) is 24.9 Å². The molecule has 0 spiro atoms. The van der Waals surface area contributed by atoms with Crippen LogP contribution >= 0.6 is 0 Å². The lowest BCUT2D eigenvalue weighted by atomic mass is 9.90. The molecule has 1 aliphatic carbocycles. The van der Waals surface area contributed by atoms with Crippen molar-refractivity contribution in [2.75, 3.05) is 7.11 Å². The van der Waals surface area contributed by atoms with E-state index in [1.165, 1.54) is 7.11 Å². The molecular weight excluding hydrogens is 256 g/mol. The Bertz CT molecular complexity index is 551. The average Bonchev–Trinajstić information content (AvgIpc) is 2.77. The lowest BCUT2D eigenvalue weighted by molar-refractivity contribution is -0.145. The van der Waals surface area contributed by atoms with Crippen LogP contribution in [0.5, 0.6) is 0 Å². The number of hydrogen-bond donors (Lipinski definition) is 0. The predicted octanol–water partition coefficient (Wildman–Crippen LogP) is 3.23. The molecule has 0 unspecified atom stereocenters. The number of ether oxygens (including phenoxy) is 1. The van der Waals surface area contributed by atoms with E-state index in [2.05, 4.69) is 6.08 Å². The minimum absolute atomic E-state index is 0.0312. The molecule has 0 amide bonds. The SMILES string of the molecule is COC(=O)[C@@H]1CC/C=C(/C)Cc2occ(C)c2C(=O)C1. The number of carbonyl (C=O) groups excluding carboxylic acids is 2. The van der Waals surface area contributed by atoms with Crippen LogP contribution in [0.25, 0.3) is 0 Å². The number of ketones is 1. The number of esters is 1. The highest BCUT2D eigenvalue weighted by atomic mass is 16.5. The second-order valence-corrected chi connectivity index (χ2v) is 5.37. The number of furan rings is 1. The largest absolute Gasteiger partial charge is 0.469 e. The summed E-state index contributed by atoms with van der Waals surface area (Å²) >= 11 is 0. The van der Waals surface area contributed by atoms with Gasteiger partial charge in [0, 0.05) is 12.8 Å². The zero-order valence-corrected chi connectivity index (χ0v) is 12.2. The summed E-state index contributed by atoms with van der Waals surface area (Å²) < 4.78 is 10.3. The highest BCUT2D eigenvalue weighted by molar-refractivity contribution is 6.00. The number of methoxy groups -OCH3 is 1. The number of fused-ring (bicyclic) bond motifs is 1. The molecule has 1 aromatic rings. The van der Waals surface area contributed by atoms with E-state index in [9.17, 15) is 9.59 Å². The van der Waals surface area contributed by atoms with Crippen molar-refractivity contribution in [3.63, 3.8) is 0 Å². The number of rotatable bonds is 1. The molecule has 0 radical (unpaired) electrons.